The number of piperidine rings is 1. The third-order valence-corrected chi connectivity index (χ3v) is 5.85. The lowest BCUT2D eigenvalue weighted by Gasteiger charge is -2.42. The van der Waals surface area contributed by atoms with E-state index in [1.54, 1.807) is 22.8 Å². The zero-order chi connectivity index (χ0) is 21.3. The average Bonchev–Trinajstić information content (AvgIpc) is 3.27. The van der Waals surface area contributed by atoms with E-state index < -0.39 is 11.6 Å². The van der Waals surface area contributed by atoms with Gasteiger partial charge in [-0.05, 0) is 25.3 Å². The number of β-amino-alcohol motifs (C(OH)–C–C–N with tert-alkyl or cyclic N) is 1. The highest BCUT2D eigenvalue weighted by Crippen LogP contribution is 2.38. The summed E-state index contributed by atoms with van der Waals surface area (Å²) in [5.74, 6) is -0.000708. The first-order valence-corrected chi connectivity index (χ1v) is 9.97. The lowest BCUT2D eigenvalue weighted by Crippen LogP contribution is -2.57. The van der Waals surface area contributed by atoms with E-state index in [4.69, 9.17) is 4.52 Å². The van der Waals surface area contributed by atoms with Crippen molar-refractivity contribution >= 4 is 17.8 Å². The first kappa shape index (κ1) is 20.1. The van der Waals surface area contributed by atoms with Crippen LogP contribution in [0, 0.1) is 6.92 Å². The summed E-state index contributed by atoms with van der Waals surface area (Å²) in [7, 11) is 0. The van der Waals surface area contributed by atoms with E-state index >= 15 is 0 Å². The number of carbonyl (C=O) groups excluding carboxylic acids is 3. The van der Waals surface area contributed by atoms with Crippen LogP contribution in [0.5, 0.6) is 0 Å². The van der Waals surface area contributed by atoms with Crippen LogP contribution in [0.3, 0.4) is 0 Å². The van der Waals surface area contributed by atoms with Crippen LogP contribution in [0.25, 0.3) is 0 Å². The number of rotatable bonds is 5. The van der Waals surface area contributed by atoms with Gasteiger partial charge in [-0.25, -0.2) is 4.79 Å². The van der Waals surface area contributed by atoms with Crippen LogP contribution in [0.4, 0.5) is 4.79 Å². The molecule has 4 amide bonds. The van der Waals surface area contributed by atoms with Crippen LogP contribution < -0.4 is 0 Å². The van der Waals surface area contributed by atoms with Gasteiger partial charge in [0, 0.05) is 25.7 Å². The minimum Gasteiger partial charge on any atom is -0.395 e. The van der Waals surface area contributed by atoms with Gasteiger partial charge < -0.3 is 19.4 Å². The molecule has 0 saturated carbocycles. The Morgan fingerprint density at radius 2 is 1.90 bits per heavy atom. The number of imide groups is 1. The van der Waals surface area contributed by atoms with Crippen molar-refractivity contribution in [2.45, 2.75) is 31.8 Å². The van der Waals surface area contributed by atoms with Crippen LogP contribution in [-0.4, -0.2) is 74.6 Å². The number of nitrogens with zero attached hydrogens (tertiary/aromatic N) is 4. The lowest BCUT2D eigenvalue weighted by atomic mass is 9.85. The van der Waals surface area contributed by atoms with Crippen LogP contribution in [0.2, 0.25) is 0 Å². The highest BCUT2D eigenvalue weighted by atomic mass is 16.5. The van der Waals surface area contributed by atoms with Crippen molar-refractivity contribution in [1.82, 2.24) is 19.9 Å². The number of hydrogen-bond acceptors (Lipinski definition) is 6. The molecule has 1 aromatic carbocycles. The fourth-order valence-corrected chi connectivity index (χ4v) is 4.26. The van der Waals surface area contributed by atoms with Crippen molar-refractivity contribution in [1.29, 1.82) is 0 Å². The monoisotopic (exact) mass is 412 g/mol. The van der Waals surface area contributed by atoms with Gasteiger partial charge in [-0.2, -0.15) is 0 Å². The van der Waals surface area contributed by atoms with Gasteiger partial charge in [0.25, 0.3) is 11.8 Å². The van der Waals surface area contributed by atoms with Gasteiger partial charge in [0.05, 0.1) is 13.2 Å². The molecule has 0 radical (unpaired) electrons. The summed E-state index contributed by atoms with van der Waals surface area (Å²) >= 11 is 0. The fourth-order valence-electron chi connectivity index (χ4n) is 4.26. The van der Waals surface area contributed by atoms with E-state index in [-0.39, 0.29) is 30.7 Å². The van der Waals surface area contributed by atoms with Crippen molar-refractivity contribution < 1.29 is 24.0 Å². The first-order valence-electron chi connectivity index (χ1n) is 9.97. The predicted octanol–water partition coefficient (Wildman–Crippen LogP) is 1.41. The van der Waals surface area contributed by atoms with E-state index in [9.17, 15) is 19.5 Å². The van der Waals surface area contributed by atoms with Gasteiger partial charge in [0.2, 0.25) is 0 Å². The minimum absolute atomic E-state index is 0.0361. The predicted molar refractivity (Wildman–Crippen MR) is 105 cm³/mol. The number of hydrogen-bond donors (Lipinski definition) is 1. The van der Waals surface area contributed by atoms with Crippen LogP contribution in [0.1, 0.15) is 34.7 Å². The number of urea groups is 1. The van der Waals surface area contributed by atoms with Crippen molar-refractivity contribution in [3.8, 4) is 0 Å². The molecule has 1 aromatic heterocycles. The number of amides is 4. The van der Waals surface area contributed by atoms with Crippen LogP contribution >= 0.6 is 0 Å². The second-order valence-electron chi connectivity index (χ2n) is 7.68. The number of aromatic nitrogens is 1. The topological polar surface area (TPSA) is 107 Å². The molecule has 2 saturated heterocycles. The molecule has 0 atom stereocenters. The summed E-state index contributed by atoms with van der Waals surface area (Å²) in [6.07, 6.45) is 0.657. The maximum absolute atomic E-state index is 13.3. The molecule has 2 aliphatic rings. The summed E-state index contributed by atoms with van der Waals surface area (Å²) in [6.45, 7) is 2.33. The molecule has 9 nitrogen and oxygen atoms in total. The molecule has 9 heteroatoms. The Bertz CT molecular complexity index is 949. The van der Waals surface area contributed by atoms with Crippen LogP contribution in [0.15, 0.2) is 40.9 Å². The minimum atomic E-state index is -1.02. The Kier molecular flexibility index (Phi) is 5.29. The van der Waals surface area contributed by atoms with E-state index in [0.29, 0.717) is 38.2 Å². The highest BCUT2D eigenvalue weighted by Gasteiger charge is 2.58. The van der Waals surface area contributed by atoms with E-state index in [1.165, 1.54) is 0 Å². The normalized spacial score (nSPS) is 18.5. The molecule has 158 valence electrons. The second kappa shape index (κ2) is 7.91. The van der Waals surface area contributed by atoms with Gasteiger partial charge in [-0.1, -0.05) is 35.5 Å². The van der Waals surface area contributed by atoms with Gasteiger partial charge >= 0.3 is 6.03 Å². The third-order valence-electron chi connectivity index (χ3n) is 5.85. The Hall–Kier alpha value is -3.20. The van der Waals surface area contributed by atoms with Gasteiger partial charge in [0.1, 0.15) is 11.3 Å². The summed E-state index contributed by atoms with van der Waals surface area (Å²) in [5.41, 5.74) is 0.138. The Balaban J connectivity index is 1.57. The number of likely N-dealkylation sites (tertiary alicyclic amines) is 1. The molecule has 2 aromatic rings. The Labute approximate surface area is 173 Å². The van der Waals surface area contributed by atoms with Crippen LogP contribution in [-0.2, 0) is 11.3 Å². The van der Waals surface area contributed by atoms with Gasteiger partial charge in [0.15, 0.2) is 5.69 Å². The quantitative estimate of drug-likeness (QED) is 0.744. The summed E-state index contributed by atoms with van der Waals surface area (Å²) in [6, 6.07) is 10.7. The number of benzene rings is 1. The third kappa shape index (κ3) is 3.35. The molecule has 4 rings (SSSR count). The Morgan fingerprint density at radius 1 is 1.20 bits per heavy atom. The number of aryl methyl sites for hydroxylation is 1. The maximum Gasteiger partial charge on any atom is 0.328 e. The molecule has 1 spiro atoms. The molecular weight excluding hydrogens is 388 g/mol. The smallest absolute Gasteiger partial charge is 0.328 e. The number of aliphatic hydroxyl groups is 1. The summed E-state index contributed by atoms with van der Waals surface area (Å²) in [4.78, 5) is 43.4. The second-order valence-corrected chi connectivity index (χ2v) is 7.68. The summed E-state index contributed by atoms with van der Waals surface area (Å²) < 4.78 is 4.99. The van der Waals surface area contributed by atoms with Crippen molar-refractivity contribution in [3.63, 3.8) is 0 Å². The van der Waals surface area contributed by atoms with Crippen molar-refractivity contribution in [2.24, 2.45) is 0 Å². The average molecular weight is 412 g/mol. The van der Waals surface area contributed by atoms with E-state index in [0.717, 1.165) is 10.5 Å². The van der Waals surface area contributed by atoms with Gasteiger partial charge in [-0.15, -0.1) is 0 Å². The molecule has 1 N–H and O–H groups in total. The maximum atomic E-state index is 13.3. The molecule has 3 heterocycles. The molecule has 0 aliphatic carbocycles. The largest absolute Gasteiger partial charge is 0.395 e. The number of aliphatic hydroxyl groups excluding tert-OH is 1. The van der Waals surface area contributed by atoms with Gasteiger partial charge in [-0.3, -0.25) is 14.5 Å². The fraction of sp³-hybridized carbons (Fsp3) is 0.429. The lowest BCUT2D eigenvalue weighted by molar-refractivity contribution is -0.135. The first-order chi connectivity index (χ1) is 14.5. The van der Waals surface area contributed by atoms with Crippen molar-refractivity contribution in [3.05, 3.63) is 53.4 Å². The molecule has 0 bridgehead atoms. The molecule has 0 unspecified atom stereocenters. The molecule has 2 aliphatic heterocycles. The van der Waals surface area contributed by atoms with E-state index in [2.05, 4.69) is 5.16 Å². The standard InChI is InChI=1S/C21H24N4O5/c1-15-13-17(22-30-15)18(27)23-9-7-21(8-10-23)19(28)24(11-12-26)20(29)25(21)14-16-5-3-2-4-6-16/h2-6,13,26H,7-12,14H2,1H3. The van der Waals surface area contributed by atoms with E-state index in [1.807, 2.05) is 30.3 Å². The highest BCUT2D eigenvalue weighted by molar-refractivity contribution is 6.07. The van der Waals surface area contributed by atoms with Crippen molar-refractivity contribution in [2.75, 3.05) is 26.2 Å². The zero-order valence-corrected chi connectivity index (χ0v) is 16.8. The summed E-state index contributed by atoms with van der Waals surface area (Å²) in [5, 5.41) is 13.1. The number of carbonyl (C=O) groups is 3. The molecular formula is C21H24N4O5. The SMILES string of the molecule is Cc1cc(C(=O)N2CCC3(CC2)C(=O)N(CCO)C(=O)N3Cc2ccccc2)no1. The molecule has 2 fully saturated rings. The Morgan fingerprint density at radius 3 is 2.50 bits per heavy atom. The zero-order valence-electron chi connectivity index (χ0n) is 16.8. The molecule has 30 heavy (non-hydrogen) atoms.